The Hall–Kier alpha value is -2.53. The van der Waals surface area contributed by atoms with E-state index in [2.05, 4.69) is 35.5 Å². The maximum Gasteiger partial charge on any atom is 0.228 e. The fourth-order valence-corrected chi connectivity index (χ4v) is 3.08. The highest BCUT2D eigenvalue weighted by Gasteiger charge is 2.17. The average molecular weight is 366 g/mol. The molecule has 0 radical (unpaired) electrons. The molecule has 0 N–H and O–H groups in total. The summed E-state index contributed by atoms with van der Waals surface area (Å²) in [5.41, 5.74) is 2.72. The van der Waals surface area contributed by atoms with Crippen LogP contribution in [0.15, 0.2) is 63.9 Å². The molecule has 3 rings (SSSR count). The summed E-state index contributed by atoms with van der Waals surface area (Å²) in [6, 6.07) is 18.0. The van der Waals surface area contributed by atoms with Crippen molar-refractivity contribution in [1.82, 2.24) is 9.88 Å². The van der Waals surface area contributed by atoms with Gasteiger partial charge in [0.05, 0.1) is 12.1 Å². The summed E-state index contributed by atoms with van der Waals surface area (Å²) < 4.78 is 5.74. The standard InChI is InChI=1S/C21H22N2O2S/c1-15-19(22-21(25-15)17-7-5-4-6-8-17)13-20(24)23(2)14-16-9-11-18(26-3)12-10-16/h4-12H,13-14H2,1-3H3. The predicted molar refractivity (Wildman–Crippen MR) is 105 cm³/mol. The Kier molecular flexibility index (Phi) is 5.78. The van der Waals surface area contributed by atoms with Crippen LogP contribution in [0.2, 0.25) is 0 Å². The zero-order chi connectivity index (χ0) is 18.5. The zero-order valence-electron chi connectivity index (χ0n) is 15.2. The van der Waals surface area contributed by atoms with E-state index in [1.54, 1.807) is 16.7 Å². The maximum atomic E-state index is 12.6. The van der Waals surface area contributed by atoms with Gasteiger partial charge in [0, 0.05) is 24.1 Å². The maximum absolute atomic E-state index is 12.6. The van der Waals surface area contributed by atoms with Gasteiger partial charge >= 0.3 is 0 Å². The van der Waals surface area contributed by atoms with E-state index in [9.17, 15) is 4.79 Å². The molecule has 0 bridgehead atoms. The lowest BCUT2D eigenvalue weighted by Crippen LogP contribution is -2.28. The molecule has 0 aliphatic carbocycles. The first-order valence-electron chi connectivity index (χ1n) is 8.45. The third kappa shape index (κ3) is 4.35. The number of carbonyl (C=O) groups is 1. The number of likely N-dealkylation sites (N-methyl/N-ethyl adjacent to an activating group) is 1. The van der Waals surface area contributed by atoms with Gasteiger partial charge in [-0.3, -0.25) is 4.79 Å². The van der Waals surface area contributed by atoms with Crippen LogP contribution in [0.5, 0.6) is 0 Å². The minimum absolute atomic E-state index is 0.0231. The van der Waals surface area contributed by atoms with Crippen LogP contribution in [0, 0.1) is 6.92 Å². The molecular formula is C21H22N2O2S. The van der Waals surface area contributed by atoms with Gasteiger partial charge in [-0.25, -0.2) is 4.98 Å². The molecule has 0 saturated carbocycles. The van der Waals surface area contributed by atoms with Crippen LogP contribution in [0.4, 0.5) is 0 Å². The summed E-state index contributed by atoms with van der Waals surface area (Å²) in [5, 5.41) is 0. The quantitative estimate of drug-likeness (QED) is 0.600. The summed E-state index contributed by atoms with van der Waals surface area (Å²) in [7, 11) is 1.82. The Labute approximate surface area is 158 Å². The molecule has 134 valence electrons. The third-order valence-electron chi connectivity index (χ3n) is 4.24. The van der Waals surface area contributed by atoms with Crippen LogP contribution < -0.4 is 0 Å². The highest BCUT2D eigenvalue weighted by molar-refractivity contribution is 7.98. The first kappa shape index (κ1) is 18.3. The predicted octanol–water partition coefficient (Wildman–Crippen LogP) is 4.57. The van der Waals surface area contributed by atoms with Gasteiger partial charge < -0.3 is 9.32 Å². The van der Waals surface area contributed by atoms with Gasteiger partial charge in [0.25, 0.3) is 0 Å². The van der Waals surface area contributed by atoms with Gasteiger partial charge in [0.1, 0.15) is 5.76 Å². The molecular weight excluding hydrogens is 344 g/mol. The lowest BCUT2D eigenvalue weighted by Gasteiger charge is -2.17. The van der Waals surface area contributed by atoms with Crippen LogP contribution >= 0.6 is 11.8 Å². The van der Waals surface area contributed by atoms with Gasteiger partial charge in [-0.05, 0) is 43.0 Å². The molecule has 3 aromatic rings. The van der Waals surface area contributed by atoms with E-state index in [1.807, 2.05) is 44.3 Å². The number of nitrogens with zero attached hydrogens (tertiary/aromatic N) is 2. The number of oxazole rings is 1. The van der Waals surface area contributed by atoms with Gasteiger partial charge in [0.15, 0.2) is 0 Å². The number of amides is 1. The van der Waals surface area contributed by atoms with Gasteiger partial charge in [0.2, 0.25) is 11.8 Å². The van der Waals surface area contributed by atoms with Crippen molar-refractivity contribution in [2.75, 3.05) is 13.3 Å². The Bertz CT molecular complexity index is 873. The van der Waals surface area contributed by atoms with Crippen LogP contribution in [0.25, 0.3) is 11.5 Å². The highest BCUT2D eigenvalue weighted by atomic mass is 32.2. The van der Waals surface area contributed by atoms with E-state index in [1.165, 1.54) is 4.90 Å². The molecule has 2 aromatic carbocycles. The van der Waals surface area contributed by atoms with E-state index in [0.717, 1.165) is 11.1 Å². The fourth-order valence-electron chi connectivity index (χ4n) is 2.67. The summed E-state index contributed by atoms with van der Waals surface area (Å²) in [5.74, 6) is 1.27. The number of thioether (sulfide) groups is 1. The largest absolute Gasteiger partial charge is 0.441 e. The van der Waals surface area contributed by atoms with Gasteiger partial charge in [-0.15, -0.1) is 11.8 Å². The van der Waals surface area contributed by atoms with Crippen molar-refractivity contribution in [3.63, 3.8) is 0 Å². The number of hydrogen-bond donors (Lipinski definition) is 0. The second kappa shape index (κ2) is 8.23. The van der Waals surface area contributed by atoms with Crippen LogP contribution in [-0.4, -0.2) is 29.1 Å². The second-order valence-electron chi connectivity index (χ2n) is 6.16. The molecule has 1 heterocycles. The summed E-state index contributed by atoms with van der Waals surface area (Å²) >= 11 is 1.71. The molecule has 0 saturated heterocycles. The number of hydrogen-bond acceptors (Lipinski definition) is 4. The summed E-state index contributed by atoms with van der Waals surface area (Å²) in [6.45, 7) is 2.43. The first-order valence-corrected chi connectivity index (χ1v) is 9.68. The number of carbonyl (C=O) groups excluding carboxylic acids is 1. The summed E-state index contributed by atoms with van der Waals surface area (Å²) in [6.07, 6.45) is 2.29. The molecule has 0 spiro atoms. The molecule has 0 atom stereocenters. The smallest absolute Gasteiger partial charge is 0.228 e. The monoisotopic (exact) mass is 366 g/mol. The zero-order valence-corrected chi connectivity index (χ0v) is 16.0. The van der Waals surface area contributed by atoms with Crippen molar-refractivity contribution in [3.05, 3.63) is 71.6 Å². The second-order valence-corrected chi connectivity index (χ2v) is 7.04. The normalized spacial score (nSPS) is 10.7. The SMILES string of the molecule is CSc1ccc(CN(C)C(=O)Cc2nc(-c3ccccc3)oc2C)cc1. The van der Waals surface area contributed by atoms with Crippen molar-refractivity contribution < 1.29 is 9.21 Å². The topological polar surface area (TPSA) is 46.3 Å². The summed E-state index contributed by atoms with van der Waals surface area (Å²) in [4.78, 5) is 20.0. The lowest BCUT2D eigenvalue weighted by atomic mass is 10.2. The molecule has 0 fully saturated rings. The van der Waals surface area contributed by atoms with Crippen LogP contribution in [0.3, 0.4) is 0 Å². The molecule has 0 aliphatic heterocycles. The molecule has 0 unspecified atom stereocenters. The number of rotatable bonds is 6. The number of benzene rings is 2. The Morgan fingerprint density at radius 3 is 2.46 bits per heavy atom. The van der Waals surface area contributed by atoms with Crippen molar-refractivity contribution in [3.8, 4) is 11.5 Å². The van der Waals surface area contributed by atoms with Gasteiger partial charge in [-0.1, -0.05) is 30.3 Å². The Morgan fingerprint density at radius 2 is 1.81 bits per heavy atom. The van der Waals surface area contributed by atoms with E-state index in [4.69, 9.17) is 4.42 Å². The third-order valence-corrected chi connectivity index (χ3v) is 4.98. The molecule has 1 amide bonds. The van der Waals surface area contributed by atoms with Gasteiger partial charge in [-0.2, -0.15) is 0 Å². The molecule has 0 aliphatic rings. The number of aryl methyl sites for hydroxylation is 1. The Morgan fingerprint density at radius 1 is 1.12 bits per heavy atom. The lowest BCUT2D eigenvalue weighted by molar-refractivity contribution is -0.129. The van der Waals surface area contributed by atoms with E-state index in [0.29, 0.717) is 23.9 Å². The minimum atomic E-state index is 0.0231. The minimum Gasteiger partial charge on any atom is -0.441 e. The van der Waals surface area contributed by atoms with Crippen molar-refractivity contribution >= 4 is 17.7 Å². The molecule has 1 aromatic heterocycles. The molecule has 4 nitrogen and oxygen atoms in total. The first-order chi connectivity index (χ1) is 12.6. The van der Waals surface area contributed by atoms with Crippen molar-refractivity contribution in [1.29, 1.82) is 0 Å². The highest BCUT2D eigenvalue weighted by Crippen LogP contribution is 2.22. The van der Waals surface area contributed by atoms with E-state index < -0.39 is 0 Å². The van der Waals surface area contributed by atoms with E-state index >= 15 is 0 Å². The molecule has 26 heavy (non-hydrogen) atoms. The van der Waals surface area contributed by atoms with Crippen LogP contribution in [0.1, 0.15) is 17.0 Å². The molecule has 5 heteroatoms. The van der Waals surface area contributed by atoms with E-state index in [-0.39, 0.29) is 12.3 Å². The number of aromatic nitrogens is 1. The van der Waals surface area contributed by atoms with Crippen LogP contribution in [-0.2, 0) is 17.8 Å². The fraction of sp³-hybridized carbons (Fsp3) is 0.238. The Balaban J connectivity index is 1.66. The van der Waals surface area contributed by atoms with Crippen molar-refractivity contribution in [2.45, 2.75) is 24.8 Å². The average Bonchev–Trinajstić information content (AvgIpc) is 3.03. The van der Waals surface area contributed by atoms with Crippen molar-refractivity contribution in [2.24, 2.45) is 0 Å².